The third-order valence-electron chi connectivity index (χ3n) is 2.68. The second-order valence-corrected chi connectivity index (χ2v) is 4.03. The van der Waals surface area contributed by atoms with Crippen molar-refractivity contribution in [3.05, 3.63) is 0 Å². The molecule has 0 aliphatic carbocycles. The third-order valence-corrected chi connectivity index (χ3v) is 2.68. The number of hydrogen-bond donors (Lipinski definition) is 0. The van der Waals surface area contributed by atoms with Crippen LogP contribution in [-0.2, 0) is 9.53 Å². The molecule has 0 spiro atoms. The van der Waals surface area contributed by atoms with Gasteiger partial charge in [0.15, 0.2) is 0 Å². The first-order chi connectivity index (χ1) is 6.24. The fourth-order valence-corrected chi connectivity index (χ4v) is 1.88. The van der Waals surface area contributed by atoms with E-state index in [-0.39, 0.29) is 0 Å². The molecule has 1 fully saturated rings. The molecular formula is C10H19NO2. The predicted octanol–water partition coefficient (Wildman–Crippen LogP) is 1.28. The molecule has 0 bridgehead atoms. The molecule has 0 radical (unpaired) electrons. The van der Waals surface area contributed by atoms with E-state index in [4.69, 9.17) is 4.74 Å². The number of likely N-dealkylation sites (tertiary alicyclic amines) is 1. The van der Waals surface area contributed by atoms with Crippen LogP contribution >= 0.6 is 0 Å². The molecule has 0 aromatic heterocycles. The highest BCUT2D eigenvalue weighted by atomic mass is 16.5. The average molecular weight is 185 g/mol. The van der Waals surface area contributed by atoms with Gasteiger partial charge in [0.05, 0.1) is 6.61 Å². The minimum atomic E-state index is 0.543. The van der Waals surface area contributed by atoms with Crippen LogP contribution in [0.1, 0.15) is 26.7 Å². The van der Waals surface area contributed by atoms with E-state index in [0.717, 1.165) is 6.54 Å². The summed E-state index contributed by atoms with van der Waals surface area (Å²) in [4.78, 5) is 12.5. The van der Waals surface area contributed by atoms with Crippen molar-refractivity contribution in [1.82, 2.24) is 4.90 Å². The van der Waals surface area contributed by atoms with Gasteiger partial charge in [-0.05, 0) is 33.2 Å². The summed E-state index contributed by atoms with van der Waals surface area (Å²) in [6, 6.07) is 0.610. The Hall–Kier alpha value is -0.570. The van der Waals surface area contributed by atoms with Gasteiger partial charge in [-0.2, -0.15) is 0 Å². The lowest BCUT2D eigenvalue weighted by atomic mass is 9.98. The highest BCUT2D eigenvalue weighted by molar-refractivity contribution is 5.36. The third kappa shape index (κ3) is 3.35. The van der Waals surface area contributed by atoms with Gasteiger partial charge < -0.3 is 9.64 Å². The number of piperidine rings is 1. The number of ether oxygens (including phenoxy) is 1. The van der Waals surface area contributed by atoms with Crippen molar-refractivity contribution in [3.63, 3.8) is 0 Å². The first-order valence-electron chi connectivity index (χ1n) is 5.03. The zero-order valence-electron chi connectivity index (χ0n) is 8.53. The standard InChI is InChI=1S/C10H19NO2/c1-9(2)11-5-3-4-10(6-11)7-13-8-12/h8-10H,3-7H2,1-2H3. The van der Waals surface area contributed by atoms with Crippen molar-refractivity contribution in [2.45, 2.75) is 32.7 Å². The van der Waals surface area contributed by atoms with Gasteiger partial charge in [-0.1, -0.05) is 0 Å². The molecule has 1 rings (SSSR count). The summed E-state index contributed by atoms with van der Waals surface area (Å²) < 4.78 is 4.79. The van der Waals surface area contributed by atoms with E-state index in [2.05, 4.69) is 18.7 Å². The van der Waals surface area contributed by atoms with E-state index >= 15 is 0 Å². The Balaban J connectivity index is 2.28. The molecule has 13 heavy (non-hydrogen) atoms. The lowest BCUT2D eigenvalue weighted by Gasteiger charge is -2.34. The molecule has 3 nitrogen and oxygen atoms in total. The second-order valence-electron chi connectivity index (χ2n) is 4.03. The molecule has 3 heteroatoms. The zero-order chi connectivity index (χ0) is 9.68. The van der Waals surface area contributed by atoms with Crippen LogP contribution in [0.4, 0.5) is 0 Å². The maximum Gasteiger partial charge on any atom is 0.293 e. The fraction of sp³-hybridized carbons (Fsp3) is 0.900. The van der Waals surface area contributed by atoms with E-state index < -0.39 is 0 Å². The molecule has 0 N–H and O–H groups in total. The maximum atomic E-state index is 10.0. The molecular weight excluding hydrogens is 166 g/mol. The molecule has 1 atom stereocenters. The minimum absolute atomic E-state index is 0.543. The number of hydrogen-bond acceptors (Lipinski definition) is 3. The van der Waals surface area contributed by atoms with Crippen molar-refractivity contribution in [3.8, 4) is 0 Å². The van der Waals surface area contributed by atoms with E-state index in [9.17, 15) is 4.79 Å². The molecule has 0 amide bonds. The van der Waals surface area contributed by atoms with Gasteiger partial charge in [-0.15, -0.1) is 0 Å². The van der Waals surface area contributed by atoms with Crippen LogP contribution in [0.2, 0.25) is 0 Å². The monoisotopic (exact) mass is 185 g/mol. The first kappa shape index (κ1) is 10.5. The van der Waals surface area contributed by atoms with E-state index in [0.29, 0.717) is 25.0 Å². The summed E-state index contributed by atoms with van der Waals surface area (Å²) in [5.74, 6) is 0.543. The highest BCUT2D eigenvalue weighted by Crippen LogP contribution is 2.18. The van der Waals surface area contributed by atoms with Crippen molar-refractivity contribution in [2.75, 3.05) is 19.7 Å². The fourth-order valence-electron chi connectivity index (χ4n) is 1.88. The lowest BCUT2D eigenvalue weighted by Crippen LogP contribution is -2.41. The number of nitrogens with zero attached hydrogens (tertiary/aromatic N) is 1. The van der Waals surface area contributed by atoms with Gasteiger partial charge >= 0.3 is 0 Å². The van der Waals surface area contributed by atoms with Gasteiger partial charge in [0.1, 0.15) is 0 Å². The van der Waals surface area contributed by atoms with Crippen LogP contribution in [0.5, 0.6) is 0 Å². The predicted molar refractivity (Wildman–Crippen MR) is 51.4 cm³/mol. The number of carbonyl (C=O) groups excluding carboxylic acids is 1. The number of carbonyl (C=O) groups is 1. The van der Waals surface area contributed by atoms with Gasteiger partial charge in [0.2, 0.25) is 0 Å². The normalized spacial score (nSPS) is 24.7. The summed E-state index contributed by atoms with van der Waals surface area (Å²) in [5, 5.41) is 0. The smallest absolute Gasteiger partial charge is 0.293 e. The molecule has 76 valence electrons. The Kier molecular flexibility index (Phi) is 4.22. The van der Waals surface area contributed by atoms with Crippen molar-refractivity contribution in [1.29, 1.82) is 0 Å². The Morgan fingerprint density at radius 3 is 3.00 bits per heavy atom. The van der Waals surface area contributed by atoms with Crippen LogP contribution in [0.25, 0.3) is 0 Å². The van der Waals surface area contributed by atoms with Gasteiger partial charge in [-0.3, -0.25) is 4.79 Å². The van der Waals surface area contributed by atoms with Crippen LogP contribution in [0, 0.1) is 5.92 Å². The molecule has 1 unspecified atom stereocenters. The second kappa shape index (κ2) is 5.22. The average Bonchev–Trinajstić information content (AvgIpc) is 2.15. The maximum absolute atomic E-state index is 10.0. The molecule has 1 saturated heterocycles. The van der Waals surface area contributed by atoms with Gasteiger partial charge in [0, 0.05) is 18.5 Å². The van der Waals surface area contributed by atoms with Crippen LogP contribution in [0.3, 0.4) is 0 Å². The summed E-state index contributed by atoms with van der Waals surface area (Å²) in [6.45, 7) is 7.83. The molecule has 1 heterocycles. The van der Waals surface area contributed by atoms with Gasteiger partial charge in [-0.25, -0.2) is 0 Å². The topological polar surface area (TPSA) is 29.5 Å². The van der Waals surface area contributed by atoms with Crippen molar-refractivity contribution in [2.24, 2.45) is 5.92 Å². The van der Waals surface area contributed by atoms with E-state index in [1.54, 1.807) is 0 Å². The van der Waals surface area contributed by atoms with Crippen LogP contribution in [-0.4, -0.2) is 37.1 Å². The molecule has 0 aromatic carbocycles. The van der Waals surface area contributed by atoms with Gasteiger partial charge in [0.25, 0.3) is 6.47 Å². The van der Waals surface area contributed by atoms with E-state index in [1.807, 2.05) is 0 Å². The quantitative estimate of drug-likeness (QED) is 0.618. The largest absolute Gasteiger partial charge is 0.468 e. The number of rotatable bonds is 4. The summed E-state index contributed by atoms with van der Waals surface area (Å²) in [6.07, 6.45) is 2.42. The van der Waals surface area contributed by atoms with Crippen molar-refractivity contribution >= 4 is 6.47 Å². The summed E-state index contributed by atoms with van der Waals surface area (Å²) in [5.41, 5.74) is 0. The Morgan fingerprint density at radius 1 is 1.62 bits per heavy atom. The molecule has 1 aliphatic heterocycles. The summed E-state index contributed by atoms with van der Waals surface area (Å²) in [7, 11) is 0. The Labute approximate surface area is 80.1 Å². The van der Waals surface area contributed by atoms with Crippen LogP contribution < -0.4 is 0 Å². The highest BCUT2D eigenvalue weighted by Gasteiger charge is 2.21. The first-order valence-corrected chi connectivity index (χ1v) is 5.03. The Morgan fingerprint density at radius 2 is 2.38 bits per heavy atom. The Bertz CT molecular complexity index is 159. The molecule has 1 aliphatic rings. The molecule has 0 aromatic rings. The molecule has 0 saturated carbocycles. The van der Waals surface area contributed by atoms with E-state index in [1.165, 1.54) is 19.4 Å². The van der Waals surface area contributed by atoms with Crippen molar-refractivity contribution < 1.29 is 9.53 Å². The summed E-state index contributed by atoms with van der Waals surface area (Å²) >= 11 is 0. The van der Waals surface area contributed by atoms with Crippen LogP contribution in [0.15, 0.2) is 0 Å². The lowest BCUT2D eigenvalue weighted by molar-refractivity contribution is -0.130. The minimum Gasteiger partial charge on any atom is -0.468 e. The SMILES string of the molecule is CC(C)N1CCCC(COC=O)C1. The zero-order valence-corrected chi connectivity index (χ0v) is 8.53.